The van der Waals surface area contributed by atoms with E-state index in [1.807, 2.05) is 29.2 Å². The summed E-state index contributed by atoms with van der Waals surface area (Å²) < 4.78 is 47.1. The zero-order valence-electron chi connectivity index (χ0n) is 26.8. The van der Waals surface area contributed by atoms with Crippen molar-refractivity contribution < 1.29 is 32.3 Å². The summed E-state index contributed by atoms with van der Waals surface area (Å²) in [5.74, 6) is -0.559. The highest BCUT2D eigenvalue weighted by Crippen LogP contribution is 2.35. The average molecular weight is 722 g/mol. The molecule has 0 radical (unpaired) electrons. The van der Waals surface area contributed by atoms with E-state index in [0.717, 1.165) is 47.9 Å². The maximum atomic E-state index is 14.3. The third-order valence-corrected chi connectivity index (χ3v) is 10.1. The average Bonchev–Trinajstić information content (AvgIpc) is 3.03. The van der Waals surface area contributed by atoms with Crippen molar-refractivity contribution in [3.8, 4) is 0 Å². The van der Waals surface area contributed by atoms with Gasteiger partial charge in [0.25, 0.3) is 0 Å². The number of unbranched alkanes of at least 4 members (excludes halogenated alkanes) is 1. The predicted octanol–water partition coefficient (Wildman–Crippen LogP) is 6.66. The van der Waals surface area contributed by atoms with Gasteiger partial charge in [0.05, 0.1) is 18.0 Å². The van der Waals surface area contributed by atoms with Gasteiger partial charge in [0.15, 0.2) is 0 Å². The Morgan fingerprint density at radius 2 is 1.70 bits per heavy atom. The summed E-state index contributed by atoms with van der Waals surface area (Å²) in [5, 5.41) is 0. The van der Waals surface area contributed by atoms with Crippen LogP contribution < -0.4 is 5.73 Å². The Hall–Kier alpha value is -3.12. The fourth-order valence-corrected chi connectivity index (χ4v) is 7.56. The monoisotopic (exact) mass is 720 g/mol. The van der Waals surface area contributed by atoms with Gasteiger partial charge in [0.1, 0.15) is 18.8 Å². The van der Waals surface area contributed by atoms with E-state index in [4.69, 9.17) is 10.5 Å². The van der Waals surface area contributed by atoms with Crippen molar-refractivity contribution in [3.05, 3.63) is 69.2 Å². The molecule has 2 aromatic carbocycles. The first kappa shape index (κ1) is 35.2. The Bertz CT molecular complexity index is 1420. The summed E-state index contributed by atoms with van der Waals surface area (Å²) in [6.07, 6.45) is 1.60. The van der Waals surface area contributed by atoms with E-state index in [1.54, 1.807) is 17.9 Å². The van der Waals surface area contributed by atoms with Gasteiger partial charge in [-0.3, -0.25) is 14.5 Å². The molecule has 3 fully saturated rings. The highest BCUT2D eigenvalue weighted by Gasteiger charge is 2.52. The quantitative estimate of drug-likeness (QED) is 0.277. The molecule has 3 aliphatic rings. The van der Waals surface area contributed by atoms with E-state index in [2.05, 4.69) is 15.9 Å². The van der Waals surface area contributed by atoms with Gasteiger partial charge < -0.3 is 20.3 Å². The summed E-state index contributed by atoms with van der Waals surface area (Å²) in [5.41, 5.74) is 6.50. The largest absolute Gasteiger partial charge is 0.444 e. The van der Waals surface area contributed by atoms with Crippen LogP contribution in [0, 0.1) is 18.8 Å². The number of nitrogens with zero attached hydrogens (tertiary/aromatic N) is 3. The number of halogens is 4. The summed E-state index contributed by atoms with van der Waals surface area (Å²) in [4.78, 5) is 47.2. The van der Waals surface area contributed by atoms with Crippen LogP contribution in [0.3, 0.4) is 0 Å². The molecular formula is C35H44BrF3N4O4. The topological polar surface area (TPSA) is 96.2 Å². The second-order valence-electron chi connectivity index (χ2n) is 13.2. The van der Waals surface area contributed by atoms with Crippen LogP contribution in [0.2, 0.25) is 0 Å². The molecule has 2 saturated heterocycles. The summed E-state index contributed by atoms with van der Waals surface area (Å²) in [6, 6.07) is 10.4. The van der Waals surface area contributed by atoms with Crippen LogP contribution in [0.4, 0.5) is 18.0 Å². The number of nitrogens with two attached hydrogens (primary N) is 1. The van der Waals surface area contributed by atoms with Crippen molar-refractivity contribution in [2.24, 2.45) is 17.6 Å². The van der Waals surface area contributed by atoms with E-state index in [0.29, 0.717) is 50.3 Å². The summed E-state index contributed by atoms with van der Waals surface area (Å²) >= 11 is 3.44. The number of hydrogen-bond donors (Lipinski definition) is 1. The van der Waals surface area contributed by atoms with E-state index in [9.17, 15) is 27.6 Å². The smallest absolute Gasteiger partial charge is 0.416 e. The maximum Gasteiger partial charge on any atom is 0.416 e. The SMILES string of the molecule is Cc1cc(COC(=O)N2C[C@H](Cc3ccc(Br)cc3)C(=O)N3[C@@H]2CN(CC2CCCCC2)C(=O)[C@@H]3CCCCN)cc(C(F)(F)F)c1. The molecule has 8 nitrogen and oxygen atoms in total. The number of alkyl halides is 3. The van der Waals surface area contributed by atoms with Crippen molar-refractivity contribution in [3.63, 3.8) is 0 Å². The fraction of sp³-hybridized carbons (Fsp3) is 0.571. The molecule has 0 spiro atoms. The highest BCUT2D eigenvalue weighted by molar-refractivity contribution is 9.10. The van der Waals surface area contributed by atoms with Crippen LogP contribution in [0.1, 0.15) is 73.6 Å². The van der Waals surface area contributed by atoms with Crippen molar-refractivity contribution in [1.82, 2.24) is 14.7 Å². The minimum absolute atomic E-state index is 0.0670. The van der Waals surface area contributed by atoms with Crippen LogP contribution in [-0.4, -0.2) is 71.0 Å². The van der Waals surface area contributed by atoms with Crippen molar-refractivity contribution in [2.75, 3.05) is 26.2 Å². The lowest BCUT2D eigenvalue weighted by atomic mass is 9.87. The van der Waals surface area contributed by atoms with Crippen molar-refractivity contribution in [1.29, 1.82) is 0 Å². The van der Waals surface area contributed by atoms with Crippen LogP contribution in [0.25, 0.3) is 0 Å². The number of amides is 3. The van der Waals surface area contributed by atoms with Crippen LogP contribution in [0.15, 0.2) is 46.9 Å². The number of ether oxygens (including phenoxy) is 1. The van der Waals surface area contributed by atoms with Crippen molar-refractivity contribution >= 4 is 33.8 Å². The van der Waals surface area contributed by atoms with Crippen LogP contribution in [0.5, 0.6) is 0 Å². The van der Waals surface area contributed by atoms with E-state index in [1.165, 1.54) is 11.3 Å². The lowest BCUT2D eigenvalue weighted by molar-refractivity contribution is -0.174. The molecule has 0 aromatic heterocycles. The molecule has 2 aromatic rings. The van der Waals surface area contributed by atoms with Gasteiger partial charge in [-0.15, -0.1) is 0 Å². The Morgan fingerprint density at radius 3 is 2.38 bits per heavy atom. The first-order valence-corrected chi connectivity index (χ1v) is 17.4. The number of hydrogen-bond acceptors (Lipinski definition) is 5. The number of carbonyl (C=O) groups excluding carboxylic acids is 3. The van der Waals surface area contributed by atoms with Crippen LogP contribution >= 0.6 is 15.9 Å². The number of benzene rings is 2. The Balaban J connectivity index is 1.44. The van der Waals surface area contributed by atoms with E-state index in [-0.39, 0.29) is 37.1 Å². The van der Waals surface area contributed by atoms with Gasteiger partial charge in [0, 0.05) is 17.6 Å². The highest BCUT2D eigenvalue weighted by atomic mass is 79.9. The van der Waals surface area contributed by atoms with Gasteiger partial charge >= 0.3 is 12.3 Å². The molecule has 5 rings (SSSR count). The summed E-state index contributed by atoms with van der Waals surface area (Å²) in [6.45, 7) is 2.47. The Labute approximate surface area is 282 Å². The van der Waals surface area contributed by atoms with Gasteiger partial charge in [-0.05, 0) is 93.3 Å². The minimum atomic E-state index is -4.53. The third kappa shape index (κ3) is 8.68. The maximum absolute atomic E-state index is 14.3. The Kier molecular flexibility index (Phi) is 11.5. The molecule has 12 heteroatoms. The predicted molar refractivity (Wildman–Crippen MR) is 175 cm³/mol. The second kappa shape index (κ2) is 15.4. The van der Waals surface area contributed by atoms with E-state index >= 15 is 0 Å². The molecule has 0 unspecified atom stereocenters. The first-order chi connectivity index (χ1) is 22.4. The normalized spacial score (nSPS) is 22.4. The van der Waals surface area contributed by atoms with Crippen molar-refractivity contribution in [2.45, 2.75) is 89.7 Å². The molecule has 256 valence electrons. The molecule has 2 heterocycles. The first-order valence-electron chi connectivity index (χ1n) is 16.6. The van der Waals surface area contributed by atoms with Gasteiger partial charge in [0.2, 0.25) is 11.8 Å². The number of fused-ring (bicyclic) bond motifs is 1. The molecular weight excluding hydrogens is 677 g/mol. The molecule has 2 N–H and O–H groups in total. The minimum Gasteiger partial charge on any atom is -0.444 e. The lowest BCUT2D eigenvalue weighted by Gasteiger charge is -2.54. The molecule has 47 heavy (non-hydrogen) atoms. The molecule has 1 saturated carbocycles. The zero-order chi connectivity index (χ0) is 33.7. The van der Waals surface area contributed by atoms with Gasteiger partial charge in [-0.1, -0.05) is 59.0 Å². The zero-order valence-corrected chi connectivity index (χ0v) is 28.4. The molecule has 1 aliphatic carbocycles. The standard InChI is InChI=1S/C35H44BrF3N4O4/c1-23-15-26(18-28(16-23)35(37,38)39)22-47-34(46)42-20-27(17-24-10-12-29(36)13-11-24)32(44)43-30(9-5-6-14-40)33(45)41(21-31(42)43)19-25-7-3-2-4-8-25/h10-13,15-16,18,25,27,30-31H,2-9,14,17,19-22,40H2,1H3/t27-,30-,31+/m0/s1. The van der Waals surface area contributed by atoms with Gasteiger partial charge in [-0.2, -0.15) is 13.2 Å². The van der Waals surface area contributed by atoms with E-state index < -0.39 is 36.0 Å². The number of carbonyl (C=O) groups is 3. The number of piperazine rings is 1. The molecule has 2 aliphatic heterocycles. The summed E-state index contributed by atoms with van der Waals surface area (Å²) in [7, 11) is 0. The lowest BCUT2D eigenvalue weighted by Crippen LogP contribution is -2.73. The number of rotatable bonds is 10. The second-order valence-corrected chi connectivity index (χ2v) is 14.1. The molecule has 3 atom stereocenters. The third-order valence-electron chi connectivity index (χ3n) is 9.61. The number of aryl methyl sites for hydroxylation is 1. The molecule has 0 bridgehead atoms. The fourth-order valence-electron chi connectivity index (χ4n) is 7.29. The Morgan fingerprint density at radius 1 is 0.979 bits per heavy atom. The molecule has 3 amide bonds. The van der Waals surface area contributed by atoms with Crippen LogP contribution in [-0.2, 0) is 33.5 Å². The van der Waals surface area contributed by atoms with Gasteiger partial charge in [-0.25, -0.2) is 4.79 Å².